The summed E-state index contributed by atoms with van der Waals surface area (Å²) >= 11 is 3.42. The normalized spacial score (nSPS) is 12.3. The van der Waals surface area contributed by atoms with Crippen LogP contribution in [0.4, 0.5) is 17.5 Å². The fraction of sp³-hybridized carbons (Fsp3) is 0.241. The van der Waals surface area contributed by atoms with Gasteiger partial charge in [-0.05, 0) is 64.2 Å². The zero-order valence-corrected chi connectivity index (χ0v) is 24.0. The minimum Gasteiger partial charge on any atom is -0.394 e. The van der Waals surface area contributed by atoms with Crippen molar-refractivity contribution in [3.63, 3.8) is 0 Å². The van der Waals surface area contributed by atoms with Crippen LogP contribution in [-0.4, -0.2) is 42.7 Å². The van der Waals surface area contributed by atoms with Crippen molar-refractivity contribution in [2.45, 2.75) is 36.6 Å². The summed E-state index contributed by atoms with van der Waals surface area (Å²) in [6.07, 6.45) is 2.97. The SMILES string of the molecule is CC[C@H](CO)Nc1nc(Nc2ccc(S(=O)(=O)NCCC(c3ccccc3)c3ccccc3)cc2)ncc1Br. The molecule has 0 spiro atoms. The van der Waals surface area contributed by atoms with E-state index in [4.69, 9.17) is 0 Å². The number of nitrogens with zero attached hydrogens (tertiary/aromatic N) is 2. The molecule has 204 valence electrons. The Kier molecular flexibility index (Phi) is 10.0. The van der Waals surface area contributed by atoms with Gasteiger partial charge in [-0.3, -0.25) is 0 Å². The first kappa shape index (κ1) is 28.7. The molecule has 10 heteroatoms. The summed E-state index contributed by atoms with van der Waals surface area (Å²) < 4.78 is 29.4. The summed E-state index contributed by atoms with van der Waals surface area (Å²) in [5.41, 5.74) is 2.94. The third-order valence-electron chi connectivity index (χ3n) is 6.35. The van der Waals surface area contributed by atoms with Gasteiger partial charge in [0.1, 0.15) is 5.82 Å². The number of nitrogens with one attached hydrogen (secondary N) is 3. The Morgan fingerprint density at radius 3 is 2.10 bits per heavy atom. The Bertz CT molecular complexity index is 1400. The van der Waals surface area contributed by atoms with Crippen LogP contribution in [0.1, 0.15) is 36.8 Å². The van der Waals surface area contributed by atoms with Crippen molar-refractivity contribution in [2.24, 2.45) is 0 Å². The van der Waals surface area contributed by atoms with Gasteiger partial charge in [-0.2, -0.15) is 4.98 Å². The maximum absolute atomic E-state index is 13.0. The molecule has 1 atom stereocenters. The summed E-state index contributed by atoms with van der Waals surface area (Å²) in [7, 11) is -3.69. The smallest absolute Gasteiger partial charge is 0.240 e. The van der Waals surface area contributed by atoms with Gasteiger partial charge < -0.3 is 15.7 Å². The molecule has 0 radical (unpaired) electrons. The molecule has 39 heavy (non-hydrogen) atoms. The molecule has 1 aromatic heterocycles. The van der Waals surface area contributed by atoms with Crippen molar-refractivity contribution in [3.8, 4) is 0 Å². The van der Waals surface area contributed by atoms with Gasteiger partial charge in [0, 0.05) is 24.3 Å². The molecule has 0 unspecified atom stereocenters. The number of benzene rings is 3. The topological polar surface area (TPSA) is 116 Å². The first-order chi connectivity index (χ1) is 18.9. The predicted molar refractivity (Wildman–Crippen MR) is 159 cm³/mol. The Morgan fingerprint density at radius 2 is 1.54 bits per heavy atom. The van der Waals surface area contributed by atoms with E-state index in [0.29, 0.717) is 34.9 Å². The van der Waals surface area contributed by atoms with Crippen LogP contribution in [0, 0.1) is 0 Å². The molecule has 0 saturated carbocycles. The van der Waals surface area contributed by atoms with Crippen LogP contribution in [0.3, 0.4) is 0 Å². The maximum Gasteiger partial charge on any atom is 0.240 e. The second-order valence-corrected chi connectivity index (χ2v) is 11.7. The summed E-state index contributed by atoms with van der Waals surface area (Å²) in [6, 6.07) is 26.5. The number of rotatable bonds is 13. The Hall–Kier alpha value is -3.31. The fourth-order valence-electron chi connectivity index (χ4n) is 4.16. The van der Waals surface area contributed by atoms with Gasteiger partial charge in [-0.1, -0.05) is 67.6 Å². The van der Waals surface area contributed by atoms with Gasteiger partial charge in [0.15, 0.2) is 0 Å². The predicted octanol–water partition coefficient (Wildman–Crippen LogP) is 5.67. The Morgan fingerprint density at radius 1 is 0.923 bits per heavy atom. The molecule has 4 rings (SSSR count). The highest BCUT2D eigenvalue weighted by atomic mass is 79.9. The van der Waals surface area contributed by atoms with Crippen molar-refractivity contribution < 1.29 is 13.5 Å². The minimum absolute atomic E-state index is 0.0150. The van der Waals surface area contributed by atoms with Crippen molar-refractivity contribution in [1.82, 2.24) is 14.7 Å². The number of anilines is 3. The number of aromatic nitrogens is 2. The third-order valence-corrected chi connectivity index (χ3v) is 8.41. The highest BCUT2D eigenvalue weighted by molar-refractivity contribution is 9.10. The van der Waals surface area contributed by atoms with E-state index in [1.54, 1.807) is 30.5 Å². The van der Waals surface area contributed by atoms with Gasteiger partial charge in [0.05, 0.1) is 22.0 Å². The van der Waals surface area contributed by atoms with E-state index < -0.39 is 10.0 Å². The standard InChI is InChI=1S/C29H32BrN5O3S/c1-2-23(20-36)33-28-27(30)19-31-29(35-28)34-24-13-15-25(16-14-24)39(37,38)32-18-17-26(21-9-5-3-6-10-21)22-11-7-4-8-12-22/h3-16,19,23,26,32,36H,2,17-18,20H2,1H3,(H2,31,33,34,35)/t23-/m1/s1. The molecule has 1 heterocycles. The van der Waals surface area contributed by atoms with Crippen LogP contribution in [0.15, 0.2) is 100 Å². The van der Waals surface area contributed by atoms with Gasteiger partial charge in [-0.15, -0.1) is 0 Å². The molecule has 0 bridgehead atoms. The first-order valence-corrected chi connectivity index (χ1v) is 15.0. The zero-order valence-electron chi connectivity index (χ0n) is 21.6. The van der Waals surface area contributed by atoms with E-state index >= 15 is 0 Å². The van der Waals surface area contributed by atoms with E-state index in [1.165, 1.54) is 0 Å². The molecule has 0 saturated heterocycles. The fourth-order valence-corrected chi connectivity index (χ4v) is 5.52. The highest BCUT2D eigenvalue weighted by Gasteiger charge is 2.18. The molecule has 8 nitrogen and oxygen atoms in total. The summed E-state index contributed by atoms with van der Waals surface area (Å²) in [5.74, 6) is 0.980. The quantitative estimate of drug-likeness (QED) is 0.154. The molecule has 0 amide bonds. The van der Waals surface area contributed by atoms with Crippen LogP contribution in [0.2, 0.25) is 0 Å². The molecule has 0 aliphatic heterocycles. The van der Waals surface area contributed by atoms with Gasteiger partial charge >= 0.3 is 0 Å². The Balaban J connectivity index is 1.40. The highest BCUT2D eigenvalue weighted by Crippen LogP contribution is 2.28. The molecule has 3 aromatic carbocycles. The number of halogens is 1. The van der Waals surface area contributed by atoms with E-state index in [9.17, 15) is 13.5 Å². The van der Waals surface area contributed by atoms with Gasteiger partial charge in [-0.25, -0.2) is 18.1 Å². The zero-order chi connectivity index (χ0) is 27.7. The lowest BCUT2D eigenvalue weighted by Crippen LogP contribution is -2.26. The molecular weight excluding hydrogens is 578 g/mol. The van der Waals surface area contributed by atoms with Crippen molar-refractivity contribution in [3.05, 3.63) is 107 Å². The molecule has 4 aromatic rings. The average Bonchev–Trinajstić information content (AvgIpc) is 2.97. The number of aliphatic hydroxyl groups is 1. The van der Waals surface area contributed by atoms with E-state index in [-0.39, 0.29) is 23.5 Å². The largest absolute Gasteiger partial charge is 0.394 e. The van der Waals surface area contributed by atoms with Crippen molar-refractivity contribution in [2.75, 3.05) is 23.8 Å². The van der Waals surface area contributed by atoms with Gasteiger partial charge in [0.2, 0.25) is 16.0 Å². The second kappa shape index (κ2) is 13.7. The summed E-state index contributed by atoms with van der Waals surface area (Å²) in [5, 5.41) is 15.7. The molecule has 0 aliphatic rings. The lowest BCUT2D eigenvalue weighted by Gasteiger charge is -2.18. The van der Waals surface area contributed by atoms with E-state index in [2.05, 4.69) is 65.5 Å². The Labute approximate surface area is 238 Å². The third kappa shape index (κ3) is 7.86. The van der Waals surface area contributed by atoms with Crippen LogP contribution in [-0.2, 0) is 10.0 Å². The van der Waals surface area contributed by atoms with Crippen LogP contribution < -0.4 is 15.4 Å². The maximum atomic E-state index is 13.0. The van der Waals surface area contributed by atoms with E-state index in [1.807, 2.05) is 43.3 Å². The summed E-state index contributed by atoms with van der Waals surface area (Å²) in [6.45, 7) is 2.25. The number of hydrogen-bond acceptors (Lipinski definition) is 7. The van der Waals surface area contributed by atoms with Crippen LogP contribution >= 0.6 is 15.9 Å². The van der Waals surface area contributed by atoms with Crippen LogP contribution in [0.25, 0.3) is 0 Å². The summed E-state index contributed by atoms with van der Waals surface area (Å²) in [4.78, 5) is 8.91. The van der Waals surface area contributed by atoms with Crippen molar-refractivity contribution in [1.29, 1.82) is 0 Å². The van der Waals surface area contributed by atoms with Crippen molar-refractivity contribution >= 4 is 43.4 Å². The lowest BCUT2D eigenvalue weighted by molar-refractivity contribution is 0.271. The molecule has 0 aliphatic carbocycles. The lowest BCUT2D eigenvalue weighted by atomic mass is 9.89. The molecule has 4 N–H and O–H groups in total. The van der Waals surface area contributed by atoms with E-state index in [0.717, 1.165) is 17.5 Å². The number of hydrogen-bond donors (Lipinski definition) is 4. The second-order valence-electron chi connectivity index (χ2n) is 9.03. The number of sulfonamides is 1. The van der Waals surface area contributed by atoms with Crippen LogP contribution in [0.5, 0.6) is 0 Å². The molecular formula is C29H32BrN5O3S. The average molecular weight is 611 g/mol. The molecule has 0 fully saturated rings. The monoisotopic (exact) mass is 609 g/mol. The van der Waals surface area contributed by atoms with Gasteiger partial charge in [0.25, 0.3) is 0 Å². The number of aliphatic hydroxyl groups excluding tert-OH is 1. The minimum atomic E-state index is -3.69. The first-order valence-electron chi connectivity index (χ1n) is 12.8.